The Morgan fingerprint density at radius 3 is 2.57 bits per heavy atom. The van der Waals surface area contributed by atoms with Gasteiger partial charge in [0.25, 0.3) is 0 Å². The normalized spacial score (nSPS) is 20.5. The van der Waals surface area contributed by atoms with Gasteiger partial charge in [0.2, 0.25) is 0 Å². The highest BCUT2D eigenvalue weighted by Crippen LogP contribution is 2.22. The first-order valence-corrected chi connectivity index (χ1v) is 7.14. The molecule has 4 nitrogen and oxygen atoms in total. The zero-order chi connectivity index (χ0) is 15.2. The second-order valence-electron chi connectivity index (χ2n) is 5.52. The molecule has 0 radical (unpaired) electrons. The number of nitrogens with zero attached hydrogens (tertiary/aromatic N) is 2. The van der Waals surface area contributed by atoms with Crippen LogP contribution in [-0.4, -0.2) is 55.8 Å². The van der Waals surface area contributed by atoms with Gasteiger partial charge in [0.15, 0.2) is 5.96 Å². The highest BCUT2D eigenvalue weighted by atomic mass is 127. The van der Waals surface area contributed by atoms with Crippen LogP contribution in [-0.2, 0) is 0 Å². The summed E-state index contributed by atoms with van der Waals surface area (Å²) >= 11 is 0. The smallest absolute Gasteiger partial charge is 0.357 e. The van der Waals surface area contributed by atoms with Crippen LogP contribution >= 0.6 is 24.0 Å². The molecule has 0 aromatic heterocycles. The van der Waals surface area contributed by atoms with Crippen molar-refractivity contribution in [3.05, 3.63) is 0 Å². The van der Waals surface area contributed by atoms with Crippen molar-refractivity contribution in [2.75, 3.05) is 32.7 Å². The molecule has 0 spiro atoms. The zero-order valence-corrected chi connectivity index (χ0v) is 15.2. The Balaban J connectivity index is 0.00000400. The molecule has 2 N–H and O–H groups in total. The minimum atomic E-state index is -4.10. The number of aliphatic imine (C=N–C) groups is 1. The number of likely N-dealkylation sites (tertiary alicyclic amines) is 1. The minimum Gasteiger partial charge on any atom is -0.357 e. The van der Waals surface area contributed by atoms with Gasteiger partial charge in [-0.1, -0.05) is 0 Å². The second-order valence-corrected chi connectivity index (χ2v) is 5.52. The van der Waals surface area contributed by atoms with E-state index in [1.54, 1.807) is 0 Å². The van der Waals surface area contributed by atoms with Crippen LogP contribution in [0.3, 0.4) is 0 Å². The Labute approximate surface area is 142 Å². The average molecular weight is 422 g/mol. The molecule has 0 bridgehead atoms. The van der Waals surface area contributed by atoms with Crippen molar-refractivity contribution in [3.63, 3.8) is 0 Å². The molecule has 0 aromatic rings. The van der Waals surface area contributed by atoms with E-state index in [1.807, 2.05) is 20.8 Å². The van der Waals surface area contributed by atoms with Crippen molar-refractivity contribution in [2.24, 2.45) is 10.9 Å². The van der Waals surface area contributed by atoms with Crippen molar-refractivity contribution in [3.8, 4) is 0 Å². The van der Waals surface area contributed by atoms with Gasteiger partial charge in [0.05, 0.1) is 6.54 Å². The van der Waals surface area contributed by atoms with Crippen LogP contribution in [0, 0.1) is 5.92 Å². The monoisotopic (exact) mass is 422 g/mol. The molecule has 8 heteroatoms. The van der Waals surface area contributed by atoms with Crippen molar-refractivity contribution in [1.29, 1.82) is 0 Å². The van der Waals surface area contributed by atoms with E-state index >= 15 is 0 Å². The summed E-state index contributed by atoms with van der Waals surface area (Å²) in [6.07, 6.45) is -3.33. The number of guanidine groups is 1. The van der Waals surface area contributed by atoms with E-state index in [-0.39, 0.29) is 35.9 Å². The number of hydrogen-bond donors (Lipinski definition) is 2. The first-order valence-electron chi connectivity index (χ1n) is 7.14. The molecule has 21 heavy (non-hydrogen) atoms. The Morgan fingerprint density at radius 2 is 2.05 bits per heavy atom. The molecule has 1 aliphatic heterocycles. The first-order chi connectivity index (χ1) is 9.30. The van der Waals surface area contributed by atoms with E-state index in [0.29, 0.717) is 19.6 Å². The summed E-state index contributed by atoms with van der Waals surface area (Å²) < 4.78 is 36.9. The molecule has 1 heterocycles. The third kappa shape index (κ3) is 9.38. The van der Waals surface area contributed by atoms with Gasteiger partial charge in [0, 0.05) is 25.7 Å². The molecule has 1 rings (SSSR count). The van der Waals surface area contributed by atoms with Crippen LogP contribution in [0.2, 0.25) is 0 Å². The molecule has 1 unspecified atom stereocenters. The maximum atomic E-state index is 12.3. The quantitative estimate of drug-likeness (QED) is 0.406. The summed E-state index contributed by atoms with van der Waals surface area (Å²) in [7, 11) is 0. The Morgan fingerprint density at radius 1 is 1.38 bits per heavy atom. The third-order valence-corrected chi connectivity index (χ3v) is 3.05. The predicted octanol–water partition coefficient (Wildman–Crippen LogP) is 2.45. The maximum absolute atomic E-state index is 12.3. The van der Waals surface area contributed by atoms with Crippen molar-refractivity contribution < 1.29 is 13.2 Å². The maximum Gasteiger partial charge on any atom is 0.401 e. The van der Waals surface area contributed by atoms with Gasteiger partial charge in [-0.15, -0.1) is 24.0 Å². The Bertz CT molecular complexity index is 321. The highest BCUT2D eigenvalue weighted by Gasteiger charge is 2.34. The summed E-state index contributed by atoms with van der Waals surface area (Å²) in [6.45, 7) is 7.54. The summed E-state index contributed by atoms with van der Waals surface area (Å²) in [4.78, 5) is 5.91. The summed E-state index contributed by atoms with van der Waals surface area (Å²) in [6, 6.07) is 0.276. The Kier molecular flexibility index (Phi) is 9.59. The van der Waals surface area contributed by atoms with E-state index in [9.17, 15) is 13.2 Å². The number of halogens is 4. The van der Waals surface area contributed by atoms with Gasteiger partial charge in [-0.25, -0.2) is 0 Å². The van der Waals surface area contributed by atoms with E-state index < -0.39 is 12.7 Å². The average Bonchev–Trinajstić information content (AvgIpc) is 2.70. The molecular formula is C13H26F3IN4. The number of alkyl halides is 3. The molecule has 1 fully saturated rings. The number of rotatable bonds is 5. The molecule has 0 amide bonds. The van der Waals surface area contributed by atoms with E-state index in [4.69, 9.17) is 0 Å². The van der Waals surface area contributed by atoms with Crippen molar-refractivity contribution >= 4 is 29.9 Å². The largest absolute Gasteiger partial charge is 0.401 e. The summed E-state index contributed by atoms with van der Waals surface area (Å²) in [5, 5.41) is 6.33. The highest BCUT2D eigenvalue weighted by molar-refractivity contribution is 14.0. The van der Waals surface area contributed by atoms with Crippen LogP contribution in [0.25, 0.3) is 0 Å². The van der Waals surface area contributed by atoms with Crippen molar-refractivity contribution in [1.82, 2.24) is 15.5 Å². The molecule has 1 saturated heterocycles. The van der Waals surface area contributed by atoms with Crippen LogP contribution in [0.1, 0.15) is 27.2 Å². The minimum absolute atomic E-state index is 0. The predicted molar refractivity (Wildman–Crippen MR) is 90.3 cm³/mol. The van der Waals surface area contributed by atoms with Crippen LogP contribution in [0.5, 0.6) is 0 Å². The van der Waals surface area contributed by atoms with Crippen LogP contribution in [0.15, 0.2) is 4.99 Å². The first kappa shape index (κ1) is 20.8. The van der Waals surface area contributed by atoms with Crippen molar-refractivity contribution in [2.45, 2.75) is 39.4 Å². The molecule has 126 valence electrons. The third-order valence-electron chi connectivity index (χ3n) is 3.05. The lowest BCUT2D eigenvalue weighted by molar-refractivity contribution is -0.143. The van der Waals surface area contributed by atoms with Gasteiger partial charge in [-0.2, -0.15) is 13.2 Å². The fourth-order valence-electron chi connectivity index (χ4n) is 2.27. The fraction of sp³-hybridized carbons (Fsp3) is 0.923. The molecule has 1 aliphatic rings. The van der Waals surface area contributed by atoms with Gasteiger partial charge < -0.3 is 10.6 Å². The number of nitrogens with one attached hydrogen (secondary N) is 2. The molecule has 1 atom stereocenters. The second kappa shape index (κ2) is 9.70. The zero-order valence-electron chi connectivity index (χ0n) is 12.8. The molecule has 0 aliphatic carbocycles. The van der Waals surface area contributed by atoms with E-state index in [2.05, 4.69) is 15.6 Å². The lowest BCUT2D eigenvalue weighted by atomic mass is 10.1. The lowest BCUT2D eigenvalue weighted by Crippen LogP contribution is -2.41. The van der Waals surface area contributed by atoms with Gasteiger partial charge in [0.1, 0.15) is 0 Å². The SMILES string of the molecule is CCNC(=NCC1CCN(CC(F)(F)F)C1)NC(C)C.I. The van der Waals surface area contributed by atoms with Crippen LogP contribution in [0.4, 0.5) is 13.2 Å². The number of hydrogen-bond acceptors (Lipinski definition) is 2. The Hall–Kier alpha value is -0.250. The molecular weight excluding hydrogens is 396 g/mol. The summed E-state index contributed by atoms with van der Waals surface area (Å²) in [5.41, 5.74) is 0. The standard InChI is InChI=1S/C13H25F3N4.HI/c1-4-17-12(19-10(2)3)18-7-11-5-6-20(8-11)9-13(14,15)16;/h10-11H,4-9H2,1-3H3,(H2,17,18,19);1H. The molecule has 0 saturated carbocycles. The van der Waals surface area contributed by atoms with E-state index in [0.717, 1.165) is 18.9 Å². The van der Waals surface area contributed by atoms with Gasteiger partial charge in [-0.3, -0.25) is 9.89 Å². The molecule has 0 aromatic carbocycles. The van der Waals surface area contributed by atoms with Gasteiger partial charge >= 0.3 is 6.18 Å². The summed E-state index contributed by atoms with van der Waals surface area (Å²) in [5.74, 6) is 0.941. The fourth-order valence-corrected chi connectivity index (χ4v) is 2.27. The topological polar surface area (TPSA) is 39.7 Å². The van der Waals surface area contributed by atoms with Crippen LogP contribution < -0.4 is 10.6 Å². The van der Waals surface area contributed by atoms with Gasteiger partial charge in [-0.05, 0) is 39.7 Å². The lowest BCUT2D eigenvalue weighted by Gasteiger charge is -2.18. The van der Waals surface area contributed by atoms with E-state index in [1.165, 1.54) is 4.90 Å².